The van der Waals surface area contributed by atoms with Gasteiger partial charge < -0.3 is 11.5 Å². The molecule has 4 fully saturated rings. The molecule has 12 unspecified atom stereocenters. The van der Waals surface area contributed by atoms with E-state index in [0.29, 0.717) is 12.1 Å². The molecule has 0 heterocycles. The lowest BCUT2D eigenvalue weighted by molar-refractivity contribution is 0.0288. The smallest absolute Gasteiger partial charge is 0.00701 e. The van der Waals surface area contributed by atoms with Crippen molar-refractivity contribution in [1.82, 2.24) is 0 Å². The van der Waals surface area contributed by atoms with Crippen molar-refractivity contribution in [3.8, 4) is 0 Å². The summed E-state index contributed by atoms with van der Waals surface area (Å²) in [6.07, 6.45) is 18.2. The largest absolute Gasteiger partial charge is 0.327 e. The highest BCUT2D eigenvalue weighted by atomic mass is 14.7. The Morgan fingerprint density at radius 2 is 0.914 bits per heavy atom. The average Bonchev–Trinajstić information content (AvgIpc) is 2.81. The third kappa shape index (κ3) is 6.68. The predicted molar refractivity (Wildman–Crippen MR) is 152 cm³/mol. The minimum absolute atomic E-state index is 0.450. The van der Waals surface area contributed by atoms with Crippen LogP contribution in [-0.2, 0) is 0 Å². The van der Waals surface area contributed by atoms with Crippen molar-refractivity contribution in [2.75, 3.05) is 0 Å². The summed E-state index contributed by atoms with van der Waals surface area (Å²) in [4.78, 5) is 0. The summed E-state index contributed by atoms with van der Waals surface area (Å²) in [6, 6.07) is 0.900. The minimum atomic E-state index is 0.450. The van der Waals surface area contributed by atoms with Gasteiger partial charge in [-0.1, -0.05) is 54.4 Å². The van der Waals surface area contributed by atoms with E-state index in [2.05, 4.69) is 41.5 Å². The van der Waals surface area contributed by atoms with Crippen molar-refractivity contribution >= 4 is 0 Å². The van der Waals surface area contributed by atoms with Crippen LogP contribution in [0.15, 0.2) is 0 Å². The fraction of sp³-hybridized carbons (Fsp3) is 1.00. The normalized spacial score (nSPS) is 47.8. The molecule has 2 nitrogen and oxygen atoms in total. The van der Waals surface area contributed by atoms with E-state index in [-0.39, 0.29) is 0 Å². The second-order valence-corrected chi connectivity index (χ2v) is 15.2. The van der Waals surface area contributed by atoms with Gasteiger partial charge in [0.1, 0.15) is 0 Å². The Hall–Kier alpha value is -0.0800. The second-order valence-electron chi connectivity index (χ2n) is 15.2. The highest BCUT2D eigenvalue weighted by Gasteiger charge is 2.44. The maximum absolute atomic E-state index is 6.89. The molecule has 0 spiro atoms. The monoisotopic (exact) mass is 486 g/mol. The van der Waals surface area contributed by atoms with Crippen molar-refractivity contribution in [2.24, 2.45) is 82.5 Å². The van der Waals surface area contributed by atoms with Crippen LogP contribution < -0.4 is 11.5 Å². The van der Waals surface area contributed by atoms with Gasteiger partial charge in [0.25, 0.3) is 0 Å². The Bertz CT molecular complexity index is 589. The molecule has 0 amide bonds. The highest BCUT2D eigenvalue weighted by Crippen LogP contribution is 2.50. The van der Waals surface area contributed by atoms with Crippen molar-refractivity contribution in [1.29, 1.82) is 0 Å². The molecule has 4 aliphatic carbocycles. The summed E-state index contributed by atoms with van der Waals surface area (Å²) >= 11 is 0. The van der Waals surface area contributed by atoms with Gasteiger partial charge in [-0.2, -0.15) is 0 Å². The van der Waals surface area contributed by atoms with Crippen LogP contribution in [0.5, 0.6) is 0 Å². The molecule has 12 atom stereocenters. The van der Waals surface area contributed by atoms with E-state index < -0.39 is 0 Å². The molecular formula is C33H62N2. The third-order valence-electron chi connectivity index (χ3n) is 12.0. The van der Waals surface area contributed by atoms with Gasteiger partial charge in [-0.3, -0.25) is 0 Å². The zero-order valence-electron chi connectivity index (χ0n) is 24.4. The maximum atomic E-state index is 6.89. The SMILES string of the molecule is CC1CCC(C(C)C)C(C2CC(CC3CCC(N)C(C4CC(C)CCC4C(C)C)C3)CCC2N)C1. The van der Waals surface area contributed by atoms with Gasteiger partial charge in [-0.15, -0.1) is 0 Å². The molecule has 4 rings (SSSR count). The average molecular weight is 487 g/mol. The van der Waals surface area contributed by atoms with Crippen LogP contribution in [-0.4, -0.2) is 12.1 Å². The molecule has 4 saturated carbocycles. The van der Waals surface area contributed by atoms with Gasteiger partial charge in [0.15, 0.2) is 0 Å². The van der Waals surface area contributed by atoms with Gasteiger partial charge >= 0.3 is 0 Å². The van der Waals surface area contributed by atoms with Crippen LogP contribution in [0.1, 0.15) is 125 Å². The van der Waals surface area contributed by atoms with E-state index in [1.807, 2.05) is 0 Å². The summed E-state index contributed by atoms with van der Waals surface area (Å²) in [5, 5.41) is 0. The lowest BCUT2D eigenvalue weighted by Crippen LogP contribution is -2.46. The number of hydrogen-bond donors (Lipinski definition) is 2. The summed E-state index contributed by atoms with van der Waals surface area (Å²) in [5.41, 5.74) is 13.8. The first-order valence-electron chi connectivity index (χ1n) is 16.1. The maximum Gasteiger partial charge on any atom is 0.00701 e. The second kappa shape index (κ2) is 12.2. The lowest BCUT2D eigenvalue weighted by Gasteiger charge is -2.49. The first-order valence-corrected chi connectivity index (χ1v) is 16.1. The molecule has 0 saturated heterocycles. The molecule has 0 aromatic rings. The van der Waals surface area contributed by atoms with Gasteiger partial charge in [-0.25, -0.2) is 0 Å². The predicted octanol–water partition coefficient (Wildman–Crippen LogP) is 8.28. The van der Waals surface area contributed by atoms with E-state index in [0.717, 1.165) is 71.0 Å². The van der Waals surface area contributed by atoms with Crippen LogP contribution in [0.2, 0.25) is 0 Å². The Morgan fingerprint density at radius 1 is 0.514 bits per heavy atom. The topological polar surface area (TPSA) is 52.0 Å². The zero-order chi connectivity index (χ0) is 25.3. The number of hydrogen-bond acceptors (Lipinski definition) is 2. The van der Waals surface area contributed by atoms with E-state index in [1.54, 1.807) is 0 Å². The Balaban J connectivity index is 1.40. The molecule has 2 heteroatoms. The molecule has 204 valence electrons. The van der Waals surface area contributed by atoms with E-state index in [4.69, 9.17) is 11.5 Å². The molecule has 4 N–H and O–H groups in total. The van der Waals surface area contributed by atoms with Crippen LogP contribution in [0.4, 0.5) is 0 Å². The molecule has 0 aromatic heterocycles. The fourth-order valence-electron chi connectivity index (χ4n) is 10.1. The summed E-state index contributed by atoms with van der Waals surface area (Å²) in [5.74, 6) is 10.3. The van der Waals surface area contributed by atoms with Gasteiger partial charge in [0, 0.05) is 12.1 Å². The molecule has 0 radical (unpaired) electrons. The fourth-order valence-corrected chi connectivity index (χ4v) is 10.1. The van der Waals surface area contributed by atoms with E-state index in [9.17, 15) is 0 Å². The van der Waals surface area contributed by atoms with Crippen molar-refractivity contribution in [3.05, 3.63) is 0 Å². The lowest BCUT2D eigenvalue weighted by atomic mass is 9.58. The molecule has 0 bridgehead atoms. The van der Waals surface area contributed by atoms with E-state index >= 15 is 0 Å². The highest BCUT2D eigenvalue weighted by molar-refractivity contribution is 4.96. The Morgan fingerprint density at radius 3 is 1.29 bits per heavy atom. The van der Waals surface area contributed by atoms with Crippen molar-refractivity contribution < 1.29 is 0 Å². The molecular weight excluding hydrogens is 424 g/mol. The number of nitrogens with two attached hydrogens (primary N) is 2. The molecule has 4 aliphatic rings. The van der Waals surface area contributed by atoms with Crippen molar-refractivity contribution in [3.63, 3.8) is 0 Å². The Kier molecular flexibility index (Phi) is 9.73. The van der Waals surface area contributed by atoms with Gasteiger partial charge in [0.2, 0.25) is 0 Å². The van der Waals surface area contributed by atoms with Crippen LogP contribution >= 0.6 is 0 Å². The standard InChI is InChI=1S/C33H62N2/c1-20(2)26-11-7-22(5)15-28(26)30-18-24(9-13-32(30)34)17-25-10-14-33(35)31(19-25)29-16-23(6)8-12-27(29)21(3)4/h20-33H,7-19,34-35H2,1-6H3. The van der Waals surface area contributed by atoms with E-state index in [1.165, 1.54) is 83.5 Å². The van der Waals surface area contributed by atoms with Crippen molar-refractivity contribution in [2.45, 2.75) is 137 Å². The summed E-state index contributed by atoms with van der Waals surface area (Å²) in [7, 11) is 0. The number of rotatable bonds is 6. The minimum Gasteiger partial charge on any atom is -0.327 e. The first-order chi connectivity index (χ1) is 16.6. The quantitative estimate of drug-likeness (QED) is 0.397. The molecule has 35 heavy (non-hydrogen) atoms. The van der Waals surface area contributed by atoms with Crippen LogP contribution in [0.3, 0.4) is 0 Å². The zero-order valence-corrected chi connectivity index (χ0v) is 24.4. The molecule has 0 aliphatic heterocycles. The van der Waals surface area contributed by atoms with Crippen LogP contribution in [0.25, 0.3) is 0 Å². The third-order valence-corrected chi connectivity index (χ3v) is 12.0. The van der Waals surface area contributed by atoms with Crippen LogP contribution in [0, 0.1) is 71.0 Å². The Labute approximate surface area is 219 Å². The summed E-state index contributed by atoms with van der Waals surface area (Å²) < 4.78 is 0. The first kappa shape index (κ1) is 27.9. The van der Waals surface area contributed by atoms with Gasteiger partial charge in [0.05, 0.1) is 0 Å². The summed E-state index contributed by atoms with van der Waals surface area (Å²) in [6.45, 7) is 14.9. The molecule has 0 aromatic carbocycles. The van der Waals surface area contributed by atoms with Gasteiger partial charge in [-0.05, 0) is 142 Å².